The third-order valence-corrected chi connectivity index (χ3v) is 5.19. The maximum absolute atomic E-state index is 13.0. The van der Waals surface area contributed by atoms with Crippen molar-refractivity contribution in [2.75, 3.05) is 11.4 Å². The Bertz CT molecular complexity index is 940. The zero-order valence-electron chi connectivity index (χ0n) is 13.9. The molecule has 2 aromatic carbocycles. The molecule has 0 saturated heterocycles. The second-order valence-corrected chi connectivity index (χ2v) is 6.65. The first-order valence-electron chi connectivity index (χ1n) is 8.44. The smallest absolute Gasteiger partial charge is 0.423 e. The van der Waals surface area contributed by atoms with Gasteiger partial charge < -0.3 is 14.9 Å². The topological polar surface area (TPSA) is 94.9 Å². The van der Waals surface area contributed by atoms with Crippen LogP contribution >= 0.6 is 0 Å². The van der Waals surface area contributed by atoms with Crippen LogP contribution in [0, 0.1) is 0 Å². The molecule has 0 radical (unpaired) electrons. The van der Waals surface area contributed by atoms with Gasteiger partial charge in [0, 0.05) is 41.3 Å². The lowest BCUT2D eigenvalue weighted by Gasteiger charge is -2.18. The lowest BCUT2D eigenvalue weighted by atomic mass is 9.77. The molecule has 7 heteroatoms. The first-order chi connectivity index (χ1) is 12.5. The van der Waals surface area contributed by atoms with Crippen LogP contribution in [0.4, 0.5) is 5.69 Å². The highest BCUT2D eigenvalue weighted by molar-refractivity contribution is 6.60. The third-order valence-electron chi connectivity index (χ3n) is 5.19. The minimum absolute atomic E-state index is 0.0575. The molecule has 6 nitrogen and oxygen atoms in total. The summed E-state index contributed by atoms with van der Waals surface area (Å²) >= 11 is 0. The number of rotatable bonds is 3. The van der Waals surface area contributed by atoms with Gasteiger partial charge in [0.05, 0.1) is 0 Å². The molecule has 2 aromatic rings. The molecule has 1 heterocycles. The molecule has 0 spiro atoms. The molecule has 0 saturated carbocycles. The number of carbonyl (C=O) groups is 3. The van der Waals surface area contributed by atoms with E-state index in [9.17, 15) is 24.4 Å². The number of amides is 1. The van der Waals surface area contributed by atoms with Gasteiger partial charge in [0.1, 0.15) is 6.29 Å². The largest absolute Gasteiger partial charge is 0.489 e. The number of Topliss-reactive ketones (excluding diaryl/α,β-unsaturated/α-hetero) is 1. The average Bonchev–Trinajstić information content (AvgIpc) is 3.03. The van der Waals surface area contributed by atoms with Gasteiger partial charge in [-0.1, -0.05) is 18.2 Å². The number of hydrogen-bond acceptors (Lipinski definition) is 5. The molecule has 1 unspecified atom stereocenters. The summed E-state index contributed by atoms with van der Waals surface area (Å²) in [6.07, 6.45) is 1.71. The second-order valence-electron chi connectivity index (χ2n) is 6.65. The molecular formula is C19H16BNO5. The molecule has 1 amide bonds. The first-order valence-corrected chi connectivity index (χ1v) is 8.44. The summed E-state index contributed by atoms with van der Waals surface area (Å²) in [6, 6.07) is 9.64. The number of anilines is 1. The predicted molar refractivity (Wildman–Crippen MR) is 96.1 cm³/mol. The van der Waals surface area contributed by atoms with Crippen molar-refractivity contribution in [3.05, 3.63) is 58.7 Å². The Labute approximate surface area is 150 Å². The molecule has 130 valence electrons. The Morgan fingerprint density at radius 3 is 2.77 bits per heavy atom. The van der Waals surface area contributed by atoms with Crippen molar-refractivity contribution < 1.29 is 24.4 Å². The summed E-state index contributed by atoms with van der Waals surface area (Å²) in [5, 5.41) is 18.6. The summed E-state index contributed by atoms with van der Waals surface area (Å²) in [5.41, 5.74) is 2.79. The van der Waals surface area contributed by atoms with Crippen LogP contribution in [-0.4, -0.2) is 41.7 Å². The van der Waals surface area contributed by atoms with Crippen LogP contribution in [0.25, 0.3) is 0 Å². The van der Waals surface area contributed by atoms with Crippen molar-refractivity contribution in [1.29, 1.82) is 0 Å². The van der Waals surface area contributed by atoms with E-state index in [-0.39, 0.29) is 28.6 Å². The summed E-state index contributed by atoms with van der Waals surface area (Å²) < 4.78 is 0. The minimum atomic E-state index is -1.78. The van der Waals surface area contributed by atoms with E-state index in [2.05, 4.69) is 0 Å². The minimum Gasteiger partial charge on any atom is -0.423 e. The molecule has 4 rings (SSSR count). The normalized spacial score (nSPS) is 17.8. The Kier molecular flexibility index (Phi) is 3.98. The van der Waals surface area contributed by atoms with Crippen LogP contribution < -0.4 is 10.4 Å². The standard InChI is InChI=1S/C19H16BNO5/c22-10-13-8-11(4-6-15(13)20(25)26)19(24)21-9-12-5-7-17(23)14-2-1-3-16(21)18(12)14/h1-4,6,8,10,12,25-26H,5,7,9H2. The molecule has 1 aliphatic carbocycles. The summed E-state index contributed by atoms with van der Waals surface area (Å²) in [5.74, 6) is -0.0221. The fraction of sp³-hybridized carbons (Fsp3) is 0.211. The van der Waals surface area contributed by atoms with Gasteiger partial charge in [0.15, 0.2) is 5.78 Å². The predicted octanol–water partition coefficient (Wildman–Crippen LogP) is 0.899. The van der Waals surface area contributed by atoms with E-state index in [1.54, 1.807) is 11.0 Å². The highest BCUT2D eigenvalue weighted by Gasteiger charge is 2.38. The molecule has 2 aliphatic rings. The Hall–Kier alpha value is -2.77. The van der Waals surface area contributed by atoms with Crippen LogP contribution in [0.3, 0.4) is 0 Å². The van der Waals surface area contributed by atoms with E-state index in [4.69, 9.17) is 0 Å². The van der Waals surface area contributed by atoms with Gasteiger partial charge in [-0.3, -0.25) is 14.4 Å². The van der Waals surface area contributed by atoms with Crippen molar-refractivity contribution in [3.8, 4) is 0 Å². The Morgan fingerprint density at radius 2 is 2.04 bits per heavy atom. The molecule has 0 aromatic heterocycles. The van der Waals surface area contributed by atoms with Gasteiger partial charge in [0.25, 0.3) is 5.91 Å². The third kappa shape index (κ3) is 2.48. The fourth-order valence-electron chi connectivity index (χ4n) is 3.94. The molecule has 26 heavy (non-hydrogen) atoms. The van der Waals surface area contributed by atoms with Crippen LogP contribution in [0.15, 0.2) is 36.4 Å². The maximum atomic E-state index is 13.0. The summed E-state index contributed by atoms with van der Waals surface area (Å²) in [4.78, 5) is 38.1. The summed E-state index contributed by atoms with van der Waals surface area (Å²) in [6.45, 7) is 0.499. The van der Waals surface area contributed by atoms with Gasteiger partial charge in [-0.25, -0.2) is 0 Å². The van der Waals surface area contributed by atoms with Crippen molar-refractivity contribution in [2.24, 2.45) is 0 Å². The van der Waals surface area contributed by atoms with Gasteiger partial charge in [-0.2, -0.15) is 0 Å². The lowest BCUT2D eigenvalue weighted by molar-refractivity contribution is 0.0968. The quantitative estimate of drug-likeness (QED) is 0.634. The fourth-order valence-corrected chi connectivity index (χ4v) is 3.94. The van der Waals surface area contributed by atoms with Crippen molar-refractivity contribution in [3.63, 3.8) is 0 Å². The van der Waals surface area contributed by atoms with E-state index < -0.39 is 7.12 Å². The number of ketones is 1. The number of aldehydes is 1. The van der Waals surface area contributed by atoms with Crippen LogP contribution in [0.5, 0.6) is 0 Å². The molecule has 2 N–H and O–H groups in total. The van der Waals surface area contributed by atoms with E-state index in [1.165, 1.54) is 18.2 Å². The monoisotopic (exact) mass is 349 g/mol. The number of nitrogens with zero attached hydrogens (tertiary/aromatic N) is 1. The van der Waals surface area contributed by atoms with Crippen molar-refractivity contribution in [2.45, 2.75) is 18.8 Å². The molecule has 0 bridgehead atoms. The SMILES string of the molecule is O=Cc1cc(C(=O)N2CC3CCC(=O)c4cccc2c43)ccc1B(O)O. The summed E-state index contributed by atoms with van der Waals surface area (Å²) in [7, 11) is -1.78. The van der Waals surface area contributed by atoms with Crippen LogP contribution in [0.1, 0.15) is 55.4 Å². The van der Waals surface area contributed by atoms with Gasteiger partial charge in [-0.15, -0.1) is 0 Å². The molecule has 0 fully saturated rings. The number of carbonyl (C=O) groups excluding carboxylic acids is 3. The van der Waals surface area contributed by atoms with E-state index in [1.807, 2.05) is 12.1 Å². The van der Waals surface area contributed by atoms with Crippen LogP contribution in [-0.2, 0) is 0 Å². The molecular weight excluding hydrogens is 333 g/mol. The number of benzene rings is 2. The number of hydrogen-bond donors (Lipinski definition) is 2. The lowest BCUT2D eigenvalue weighted by Crippen LogP contribution is -2.34. The van der Waals surface area contributed by atoms with Crippen LogP contribution in [0.2, 0.25) is 0 Å². The van der Waals surface area contributed by atoms with Crippen molar-refractivity contribution >= 4 is 36.2 Å². The van der Waals surface area contributed by atoms with E-state index in [0.29, 0.717) is 30.4 Å². The Morgan fingerprint density at radius 1 is 1.23 bits per heavy atom. The zero-order valence-corrected chi connectivity index (χ0v) is 13.9. The molecule has 1 atom stereocenters. The second kappa shape index (κ2) is 6.19. The zero-order chi connectivity index (χ0) is 18.4. The maximum Gasteiger partial charge on any atom is 0.489 e. The first kappa shape index (κ1) is 16.7. The average molecular weight is 349 g/mol. The van der Waals surface area contributed by atoms with Gasteiger partial charge in [-0.05, 0) is 35.6 Å². The van der Waals surface area contributed by atoms with E-state index >= 15 is 0 Å². The molecule has 1 aliphatic heterocycles. The highest BCUT2D eigenvalue weighted by Crippen LogP contribution is 2.44. The Balaban J connectivity index is 1.74. The van der Waals surface area contributed by atoms with Gasteiger partial charge >= 0.3 is 7.12 Å². The van der Waals surface area contributed by atoms with E-state index in [0.717, 1.165) is 17.7 Å². The highest BCUT2D eigenvalue weighted by atomic mass is 16.4. The van der Waals surface area contributed by atoms with Gasteiger partial charge in [0.2, 0.25) is 0 Å². The van der Waals surface area contributed by atoms with Crippen molar-refractivity contribution in [1.82, 2.24) is 0 Å².